The highest BCUT2D eigenvalue weighted by molar-refractivity contribution is 5.85. The van der Waals surface area contributed by atoms with Crippen molar-refractivity contribution in [2.75, 3.05) is 0 Å². The first kappa shape index (κ1) is 9.21. The maximum atomic E-state index is 13.4. The van der Waals surface area contributed by atoms with Gasteiger partial charge in [0.15, 0.2) is 0 Å². The monoisotopic (exact) mass is 192 g/mol. The van der Waals surface area contributed by atoms with E-state index in [1.54, 1.807) is 6.07 Å². The number of benzene rings is 1. The normalized spacial score (nSPS) is 11.1. The molecule has 1 aromatic carbocycles. The molecule has 0 radical (unpaired) electrons. The number of aromatic nitrogens is 1. The average Bonchev–Trinajstić information content (AvgIpc) is 2.57. The zero-order valence-corrected chi connectivity index (χ0v) is 8.10. The molecule has 0 fully saturated rings. The third-order valence-corrected chi connectivity index (χ3v) is 2.54. The lowest BCUT2D eigenvalue weighted by Crippen LogP contribution is -1.99. The van der Waals surface area contributed by atoms with E-state index < -0.39 is 0 Å². The standard InChI is InChI=1S/C11H13FN2/c1-2-7-8-4-3-5-9(12)11(8)14-10(7)6-13/h3-5,14H,2,6,13H2,1H3. The Hall–Kier alpha value is -1.35. The summed E-state index contributed by atoms with van der Waals surface area (Å²) in [5.41, 5.74) is 8.22. The average molecular weight is 192 g/mol. The van der Waals surface area contributed by atoms with Gasteiger partial charge in [0, 0.05) is 17.6 Å². The molecule has 0 aliphatic heterocycles. The molecule has 0 amide bonds. The van der Waals surface area contributed by atoms with Crippen LogP contribution in [-0.2, 0) is 13.0 Å². The van der Waals surface area contributed by atoms with Gasteiger partial charge in [0.25, 0.3) is 0 Å². The second kappa shape index (κ2) is 3.42. The summed E-state index contributed by atoms with van der Waals surface area (Å²) in [6.45, 7) is 2.48. The molecule has 0 unspecified atom stereocenters. The Balaban J connectivity index is 2.79. The Morgan fingerprint density at radius 3 is 2.86 bits per heavy atom. The zero-order valence-electron chi connectivity index (χ0n) is 8.10. The third kappa shape index (κ3) is 1.21. The van der Waals surface area contributed by atoms with Gasteiger partial charge in [0.1, 0.15) is 5.82 Å². The summed E-state index contributed by atoms with van der Waals surface area (Å²) in [5, 5.41) is 0.952. The molecular weight excluding hydrogens is 179 g/mol. The van der Waals surface area contributed by atoms with Crippen LogP contribution in [0, 0.1) is 5.82 Å². The van der Waals surface area contributed by atoms with Crippen molar-refractivity contribution in [3.05, 3.63) is 35.3 Å². The smallest absolute Gasteiger partial charge is 0.147 e. The summed E-state index contributed by atoms with van der Waals surface area (Å²) in [7, 11) is 0. The van der Waals surface area contributed by atoms with E-state index in [1.165, 1.54) is 6.07 Å². The van der Waals surface area contributed by atoms with Gasteiger partial charge in [-0.05, 0) is 18.1 Å². The van der Waals surface area contributed by atoms with Crippen LogP contribution in [0.5, 0.6) is 0 Å². The predicted molar refractivity (Wildman–Crippen MR) is 55.5 cm³/mol. The van der Waals surface area contributed by atoms with E-state index in [0.29, 0.717) is 12.1 Å². The van der Waals surface area contributed by atoms with Crippen LogP contribution in [-0.4, -0.2) is 4.98 Å². The van der Waals surface area contributed by atoms with E-state index in [4.69, 9.17) is 5.73 Å². The van der Waals surface area contributed by atoms with Gasteiger partial charge in [0.05, 0.1) is 5.52 Å². The van der Waals surface area contributed by atoms with Crippen LogP contribution in [0.15, 0.2) is 18.2 Å². The van der Waals surface area contributed by atoms with E-state index in [9.17, 15) is 4.39 Å². The number of aromatic amines is 1. The van der Waals surface area contributed by atoms with Crippen LogP contribution in [0.2, 0.25) is 0 Å². The molecule has 14 heavy (non-hydrogen) atoms. The van der Waals surface area contributed by atoms with Crippen LogP contribution in [0.4, 0.5) is 4.39 Å². The predicted octanol–water partition coefficient (Wildman–Crippen LogP) is 2.33. The van der Waals surface area contributed by atoms with Crippen LogP contribution < -0.4 is 5.73 Å². The Morgan fingerprint density at radius 2 is 2.21 bits per heavy atom. The third-order valence-electron chi connectivity index (χ3n) is 2.54. The quantitative estimate of drug-likeness (QED) is 0.753. The molecule has 2 nitrogen and oxygen atoms in total. The van der Waals surface area contributed by atoms with Gasteiger partial charge in [0.2, 0.25) is 0 Å². The highest BCUT2D eigenvalue weighted by Crippen LogP contribution is 2.24. The Bertz CT molecular complexity index is 460. The number of nitrogens with one attached hydrogen (secondary N) is 1. The molecule has 1 aromatic heterocycles. The molecule has 0 spiro atoms. The molecule has 74 valence electrons. The van der Waals surface area contributed by atoms with Gasteiger partial charge in [-0.3, -0.25) is 0 Å². The van der Waals surface area contributed by atoms with Gasteiger partial charge < -0.3 is 10.7 Å². The Morgan fingerprint density at radius 1 is 1.43 bits per heavy atom. The Kier molecular flexibility index (Phi) is 2.25. The Labute approximate surface area is 81.9 Å². The van der Waals surface area contributed by atoms with Gasteiger partial charge in [-0.15, -0.1) is 0 Å². The molecule has 0 saturated heterocycles. The van der Waals surface area contributed by atoms with E-state index in [1.807, 2.05) is 13.0 Å². The van der Waals surface area contributed by atoms with Crippen LogP contribution >= 0.6 is 0 Å². The summed E-state index contributed by atoms with van der Waals surface area (Å²) in [5.74, 6) is -0.211. The number of H-pyrrole nitrogens is 1. The summed E-state index contributed by atoms with van der Waals surface area (Å²) in [6, 6.07) is 5.11. The van der Waals surface area contributed by atoms with Crippen molar-refractivity contribution < 1.29 is 4.39 Å². The molecule has 3 N–H and O–H groups in total. The first-order valence-corrected chi connectivity index (χ1v) is 4.76. The number of nitrogens with two attached hydrogens (primary N) is 1. The first-order chi connectivity index (χ1) is 6.77. The molecule has 2 rings (SSSR count). The summed E-state index contributed by atoms with van der Waals surface area (Å²) in [6.07, 6.45) is 0.871. The highest BCUT2D eigenvalue weighted by atomic mass is 19.1. The number of hydrogen-bond donors (Lipinski definition) is 2. The van der Waals surface area contributed by atoms with E-state index >= 15 is 0 Å². The maximum Gasteiger partial charge on any atom is 0.147 e. The summed E-state index contributed by atoms with van der Waals surface area (Å²) < 4.78 is 13.4. The lowest BCUT2D eigenvalue weighted by atomic mass is 10.1. The lowest BCUT2D eigenvalue weighted by molar-refractivity contribution is 0.637. The van der Waals surface area contributed by atoms with Gasteiger partial charge in [-0.1, -0.05) is 19.1 Å². The molecule has 0 aliphatic carbocycles. The maximum absolute atomic E-state index is 13.4. The fraction of sp³-hybridized carbons (Fsp3) is 0.273. The topological polar surface area (TPSA) is 41.8 Å². The number of para-hydroxylation sites is 1. The van der Waals surface area contributed by atoms with Crippen molar-refractivity contribution in [1.29, 1.82) is 0 Å². The minimum absolute atomic E-state index is 0.211. The van der Waals surface area contributed by atoms with Crippen molar-refractivity contribution in [1.82, 2.24) is 4.98 Å². The SMILES string of the molecule is CCc1c(CN)[nH]c2c(F)cccc12. The number of rotatable bonds is 2. The number of hydrogen-bond acceptors (Lipinski definition) is 1. The summed E-state index contributed by atoms with van der Waals surface area (Å²) in [4.78, 5) is 3.03. The summed E-state index contributed by atoms with van der Waals surface area (Å²) >= 11 is 0. The van der Waals surface area contributed by atoms with Crippen LogP contribution in [0.3, 0.4) is 0 Å². The van der Waals surface area contributed by atoms with Gasteiger partial charge >= 0.3 is 0 Å². The van der Waals surface area contributed by atoms with Crippen molar-refractivity contribution >= 4 is 10.9 Å². The number of aryl methyl sites for hydroxylation is 1. The van der Waals surface area contributed by atoms with Crippen molar-refractivity contribution in [3.8, 4) is 0 Å². The van der Waals surface area contributed by atoms with E-state index in [-0.39, 0.29) is 5.82 Å². The number of halogens is 1. The molecule has 0 aliphatic rings. The van der Waals surface area contributed by atoms with Gasteiger partial charge in [-0.2, -0.15) is 0 Å². The molecule has 2 aromatic rings. The van der Waals surface area contributed by atoms with Crippen molar-refractivity contribution in [2.45, 2.75) is 19.9 Å². The molecule has 1 heterocycles. The van der Waals surface area contributed by atoms with Gasteiger partial charge in [-0.25, -0.2) is 4.39 Å². The molecule has 0 bridgehead atoms. The molecule has 0 saturated carbocycles. The number of fused-ring (bicyclic) bond motifs is 1. The molecular formula is C11H13FN2. The van der Waals surface area contributed by atoms with Crippen LogP contribution in [0.25, 0.3) is 10.9 Å². The van der Waals surface area contributed by atoms with Crippen molar-refractivity contribution in [3.63, 3.8) is 0 Å². The minimum Gasteiger partial charge on any atom is -0.355 e. The second-order valence-corrected chi connectivity index (χ2v) is 3.30. The zero-order chi connectivity index (χ0) is 10.1. The van der Waals surface area contributed by atoms with Crippen molar-refractivity contribution in [2.24, 2.45) is 5.73 Å². The van der Waals surface area contributed by atoms with Crippen LogP contribution in [0.1, 0.15) is 18.2 Å². The first-order valence-electron chi connectivity index (χ1n) is 4.76. The largest absolute Gasteiger partial charge is 0.355 e. The molecule has 0 atom stereocenters. The molecule has 3 heteroatoms. The second-order valence-electron chi connectivity index (χ2n) is 3.30. The van der Waals surface area contributed by atoms with E-state index in [2.05, 4.69) is 4.98 Å². The highest BCUT2D eigenvalue weighted by Gasteiger charge is 2.10. The lowest BCUT2D eigenvalue weighted by Gasteiger charge is -1.96. The van der Waals surface area contributed by atoms with E-state index in [0.717, 1.165) is 23.1 Å². The fourth-order valence-corrected chi connectivity index (χ4v) is 1.87. The fourth-order valence-electron chi connectivity index (χ4n) is 1.87. The minimum atomic E-state index is -0.211.